The highest BCUT2D eigenvalue weighted by atomic mass is 79.9. The number of allylic oxidation sites excluding steroid dienone is 2. The summed E-state index contributed by atoms with van der Waals surface area (Å²) in [6.45, 7) is 0.677. The quantitative estimate of drug-likeness (QED) is 0.457. The molecule has 1 aliphatic heterocycles. The van der Waals surface area contributed by atoms with E-state index in [0.29, 0.717) is 12.5 Å². The Balaban J connectivity index is 2.22. The van der Waals surface area contributed by atoms with E-state index in [2.05, 4.69) is 22.0 Å². The van der Waals surface area contributed by atoms with Crippen LogP contribution in [0.5, 0.6) is 0 Å². The molecule has 2 rings (SSSR count). The minimum atomic E-state index is -0.403. The molecule has 3 heteroatoms. The number of fused-ring (bicyclic) bond motifs is 1. The van der Waals surface area contributed by atoms with E-state index in [1.54, 1.807) is 0 Å². The number of halogens is 1. The monoisotopic (exact) mass is 216 g/mol. The zero-order valence-corrected chi connectivity index (χ0v) is 7.58. The van der Waals surface area contributed by atoms with Crippen LogP contribution in [0.1, 0.15) is 6.42 Å². The highest BCUT2D eigenvalue weighted by Crippen LogP contribution is 2.39. The molecule has 2 aliphatic rings. The van der Waals surface area contributed by atoms with Crippen LogP contribution in [0.2, 0.25) is 0 Å². The predicted molar refractivity (Wildman–Crippen MR) is 45.1 cm³/mol. The lowest BCUT2D eigenvalue weighted by molar-refractivity contribution is -0.352. The van der Waals surface area contributed by atoms with Crippen LogP contribution >= 0.6 is 15.9 Å². The van der Waals surface area contributed by atoms with Crippen molar-refractivity contribution in [3.8, 4) is 0 Å². The van der Waals surface area contributed by atoms with Gasteiger partial charge in [-0.25, -0.2) is 9.78 Å². The van der Waals surface area contributed by atoms with Gasteiger partial charge in [0.15, 0.2) is 4.51 Å². The first-order valence-electron chi connectivity index (χ1n) is 3.67. The molecule has 1 aliphatic carbocycles. The van der Waals surface area contributed by atoms with Gasteiger partial charge in [-0.3, -0.25) is 0 Å². The fraction of sp³-hybridized carbons (Fsp3) is 0.500. The Bertz CT molecular complexity index is 212. The molecule has 1 fully saturated rings. The van der Waals surface area contributed by atoms with Crippen molar-refractivity contribution in [1.29, 1.82) is 0 Å². The van der Waals surface area contributed by atoms with Gasteiger partial charge in [-0.1, -0.05) is 18.2 Å². The maximum atomic E-state index is 5.15. The van der Waals surface area contributed by atoms with Gasteiger partial charge in [0, 0.05) is 5.92 Å². The van der Waals surface area contributed by atoms with Crippen molar-refractivity contribution >= 4 is 15.9 Å². The van der Waals surface area contributed by atoms with E-state index in [9.17, 15) is 0 Å². The second kappa shape index (κ2) is 2.73. The minimum Gasteiger partial charge on any atom is -0.235 e. The molecule has 11 heavy (non-hydrogen) atoms. The number of alkyl halides is 1. The molecular weight excluding hydrogens is 208 g/mol. The molecule has 2 unspecified atom stereocenters. The third-order valence-corrected chi connectivity index (χ3v) is 2.97. The Labute approximate surface area is 73.9 Å². The molecule has 60 valence electrons. The van der Waals surface area contributed by atoms with Gasteiger partial charge >= 0.3 is 0 Å². The van der Waals surface area contributed by atoms with E-state index >= 15 is 0 Å². The van der Waals surface area contributed by atoms with Crippen molar-refractivity contribution < 1.29 is 9.78 Å². The van der Waals surface area contributed by atoms with Crippen LogP contribution in [0.25, 0.3) is 0 Å². The number of hydrogen-bond donors (Lipinski definition) is 0. The molecule has 0 radical (unpaired) electrons. The van der Waals surface area contributed by atoms with Crippen molar-refractivity contribution in [2.24, 2.45) is 5.92 Å². The van der Waals surface area contributed by atoms with Crippen LogP contribution in [0.3, 0.4) is 0 Å². The lowest BCUT2D eigenvalue weighted by Gasteiger charge is -2.35. The lowest BCUT2D eigenvalue weighted by atomic mass is 9.94. The topological polar surface area (TPSA) is 18.5 Å². The largest absolute Gasteiger partial charge is 0.235 e. The van der Waals surface area contributed by atoms with Crippen LogP contribution in [0, 0.1) is 5.92 Å². The van der Waals surface area contributed by atoms with Gasteiger partial charge in [0.05, 0.1) is 6.61 Å². The van der Waals surface area contributed by atoms with Crippen LogP contribution in [0.15, 0.2) is 24.3 Å². The van der Waals surface area contributed by atoms with Crippen LogP contribution in [-0.2, 0) is 9.78 Å². The summed E-state index contributed by atoms with van der Waals surface area (Å²) in [4.78, 5) is 10.1. The van der Waals surface area contributed by atoms with Crippen molar-refractivity contribution in [2.75, 3.05) is 6.61 Å². The van der Waals surface area contributed by atoms with Crippen molar-refractivity contribution in [2.45, 2.75) is 10.9 Å². The summed E-state index contributed by atoms with van der Waals surface area (Å²) in [5, 5.41) is 0. The summed E-state index contributed by atoms with van der Waals surface area (Å²) in [5.41, 5.74) is 0. The molecule has 0 bridgehead atoms. The second-order valence-corrected chi connectivity index (χ2v) is 3.98. The Morgan fingerprint density at radius 1 is 1.45 bits per heavy atom. The summed E-state index contributed by atoms with van der Waals surface area (Å²) in [7, 11) is 0. The van der Waals surface area contributed by atoms with Gasteiger partial charge < -0.3 is 0 Å². The second-order valence-electron chi connectivity index (χ2n) is 2.74. The molecular formula is C8H9BrO2. The Morgan fingerprint density at radius 2 is 2.36 bits per heavy atom. The predicted octanol–water partition coefficient (Wildman–Crippen LogP) is 2.17. The summed E-state index contributed by atoms with van der Waals surface area (Å²) in [6, 6.07) is 0. The average Bonchev–Trinajstić information content (AvgIpc) is 2.03. The standard InChI is InChI=1S/C8H9BrO2/c9-8-5-2-1-3-7(8)4-6-10-11-8/h1-3,5,7H,4,6H2. The first-order chi connectivity index (χ1) is 5.31. The van der Waals surface area contributed by atoms with E-state index < -0.39 is 4.51 Å². The van der Waals surface area contributed by atoms with Gasteiger partial charge in [0.1, 0.15) is 0 Å². The summed E-state index contributed by atoms with van der Waals surface area (Å²) in [6.07, 6.45) is 9.11. The van der Waals surface area contributed by atoms with Crippen LogP contribution < -0.4 is 0 Å². The molecule has 0 N–H and O–H groups in total. The Morgan fingerprint density at radius 3 is 3.18 bits per heavy atom. The molecule has 2 atom stereocenters. The SMILES string of the molecule is BrC12C=CC=CC1CCOO2. The van der Waals surface area contributed by atoms with E-state index in [1.807, 2.05) is 18.2 Å². The molecule has 0 spiro atoms. The van der Waals surface area contributed by atoms with E-state index in [0.717, 1.165) is 6.42 Å². The number of rotatable bonds is 0. The average molecular weight is 217 g/mol. The first kappa shape index (κ1) is 7.53. The molecule has 0 aromatic heterocycles. The maximum Gasteiger partial charge on any atom is 0.182 e. The van der Waals surface area contributed by atoms with Gasteiger partial charge in [-0.15, -0.1) is 0 Å². The zero-order valence-electron chi connectivity index (χ0n) is 6.00. The van der Waals surface area contributed by atoms with Gasteiger partial charge in [0.25, 0.3) is 0 Å². The molecule has 0 aromatic rings. The van der Waals surface area contributed by atoms with Crippen molar-refractivity contribution in [3.05, 3.63) is 24.3 Å². The highest BCUT2D eigenvalue weighted by Gasteiger charge is 2.38. The highest BCUT2D eigenvalue weighted by molar-refractivity contribution is 9.10. The maximum absolute atomic E-state index is 5.15. The molecule has 2 nitrogen and oxygen atoms in total. The van der Waals surface area contributed by atoms with E-state index in [1.165, 1.54) is 0 Å². The van der Waals surface area contributed by atoms with E-state index in [4.69, 9.17) is 9.78 Å². The molecule has 1 saturated heterocycles. The third-order valence-electron chi connectivity index (χ3n) is 1.98. The Kier molecular flexibility index (Phi) is 1.87. The van der Waals surface area contributed by atoms with Gasteiger partial charge in [-0.2, -0.15) is 0 Å². The fourth-order valence-electron chi connectivity index (χ4n) is 1.33. The molecule has 0 amide bonds. The van der Waals surface area contributed by atoms with Crippen molar-refractivity contribution in [1.82, 2.24) is 0 Å². The molecule has 0 saturated carbocycles. The van der Waals surface area contributed by atoms with Gasteiger partial charge in [0.2, 0.25) is 0 Å². The Hall–Kier alpha value is -0.120. The zero-order chi connectivity index (χ0) is 7.73. The molecule has 1 heterocycles. The number of hydrogen-bond acceptors (Lipinski definition) is 2. The lowest BCUT2D eigenvalue weighted by Crippen LogP contribution is -2.37. The van der Waals surface area contributed by atoms with Crippen LogP contribution in [-0.4, -0.2) is 11.1 Å². The normalized spacial score (nSPS) is 42.1. The van der Waals surface area contributed by atoms with Gasteiger partial charge in [-0.05, 0) is 28.4 Å². The summed E-state index contributed by atoms with van der Waals surface area (Å²) < 4.78 is -0.403. The fourth-order valence-corrected chi connectivity index (χ4v) is 1.96. The first-order valence-corrected chi connectivity index (χ1v) is 4.46. The third kappa shape index (κ3) is 1.28. The van der Waals surface area contributed by atoms with Crippen molar-refractivity contribution in [3.63, 3.8) is 0 Å². The molecule has 0 aromatic carbocycles. The summed E-state index contributed by atoms with van der Waals surface area (Å²) >= 11 is 3.49. The minimum absolute atomic E-state index is 0.403. The van der Waals surface area contributed by atoms with Crippen LogP contribution in [0.4, 0.5) is 0 Å². The summed E-state index contributed by atoms with van der Waals surface area (Å²) in [5.74, 6) is 0.404. The van der Waals surface area contributed by atoms with E-state index in [-0.39, 0.29) is 0 Å². The smallest absolute Gasteiger partial charge is 0.182 e.